The molecule has 0 aliphatic rings. The summed E-state index contributed by atoms with van der Waals surface area (Å²) >= 11 is 0. The van der Waals surface area contributed by atoms with Crippen molar-refractivity contribution in [2.24, 2.45) is 0 Å². The van der Waals surface area contributed by atoms with Crippen LogP contribution in [-0.4, -0.2) is 37.2 Å². The summed E-state index contributed by atoms with van der Waals surface area (Å²) in [5, 5.41) is 0. The second-order valence-electron chi connectivity index (χ2n) is 18.5. The summed E-state index contributed by atoms with van der Waals surface area (Å²) in [5.41, 5.74) is 0. The topological polar surface area (TPSA) is 78.9 Å². The Bertz CT molecular complexity index is 1180. The van der Waals surface area contributed by atoms with Gasteiger partial charge in [-0.25, -0.2) is 0 Å². The van der Waals surface area contributed by atoms with Gasteiger partial charge < -0.3 is 14.2 Å². The van der Waals surface area contributed by atoms with Crippen LogP contribution < -0.4 is 0 Å². The Labute approximate surface area is 402 Å². The Morgan fingerprint density at radius 1 is 0.308 bits per heavy atom. The van der Waals surface area contributed by atoms with Crippen molar-refractivity contribution in [1.82, 2.24) is 0 Å². The molecule has 0 N–H and O–H groups in total. The molecule has 0 aliphatic carbocycles. The monoisotopic (exact) mass is 909 g/mol. The van der Waals surface area contributed by atoms with Crippen molar-refractivity contribution >= 4 is 17.9 Å². The lowest BCUT2D eigenvalue weighted by Gasteiger charge is -2.18. The van der Waals surface area contributed by atoms with Crippen LogP contribution in [0.5, 0.6) is 0 Å². The third-order valence-corrected chi connectivity index (χ3v) is 12.0. The van der Waals surface area contributed by atoms with Crippen molar-refractivity contribution in [2.75, 3.05) is 13.2 Å². The van der Waals surface area contributed by atoms with Crippen molar-refractivity contribution in [3.05, 3.63) is 60.8 Å². The van der Waals surface area contributed by atoms with E-state index < -0.39 is 6.10 Å². The van der Waals surface area contributed by atoms with Crippen LogP contribution in [0.1, 0.15) is 278 Å². The van der Waals surface area contributed by atoms with Crippen LogP contribution in [-0.2, 0) is 28.6 Å². The smallest absolute Gasteiger partial charge is 0.306 e. The van der Waals surface area contributed by atoms with Crippen LogP contribution in [0.4, 0.5) is 0 Å². The molecule has 0 amide bonds. The molecule has 6 heteroatoms. The van der Waals surface area contributed by atoms with Gasteiger partial charge >= 0.3 is 17.9 Å². The third-order valence-electron chi connectivity index (χ3n) is 12.0. The standard InChI is InChI=1S/C59H104O6/c1-4-7-10-13-16-19-22-25-27-29-31-34-37-40-43-46-49-52-58(61)64-55-56(54-63-57(60)51-48-45-42-39-36-33-24-21-18-15-12-9-6-3)65-59(62)53-50-47-44-41-38-35-32-30-28-26-23-20-17-14-11-8-5-2/h17,20,25-28,31,34,40,43,56H,4-16,18-19,21-24,29-30,32-33,35-39,41-42,44-55H2,1-3H3/b20-17-,27-25-,28-26-,34-31-,43-40-/t56-/m0/s1. The Morgan fingerprint density at radius 2 is 0.569 bits per heavy atom. The van der Waals surface area contributed by atoms with Gasteiger partial charge in [0.15, 0.2) is 6.10 Å². The number of carbonyl (C=O) groups is 3. The second-order valence-corrected chi connectivity index (χ2v) is 18.5. The number of carbonyl (C=O) groups excluding carboxylic acids is 3. The zero-order valence-corrected chi connectivity index (χ0v) is 43.0. The van der Waals surface area contributed by atoms with Gasteiger partial charge in [0.05, 0.1) is 0 Å². The van der Waals surface area contributed by atoms with E-state index in [1.165, 1.54) is 161 Å². The van der Waals surface area contributed by atoms with E-state index >= 15 is 0 Å². The highest BCUT2D eigenvalue weighted by atomic mass is 16.6. The molecule has 1 atom stereocenters. The predicted molar refractivity (Wildman–Crippen MR) is 279 cm³/mol. The molecule has 0 aliphatic heterocycles. The summed E-state index contributed by atoms with van der Waals surface area (Å²) in [6.45, 7) is 6.57. The number of ether oxygens (including phenoxy) is 3. The normalized spacial score (nSPS) is 12.5. The molecular formula is C59H104O6. The van der Waals surface area contributed by atoms with Crippen molar-refractivity contribution in [3.8, 4) is 0 Å². The van der Waals surface area contributed by atoms with Gasteiger partial charge in [0, 0.05) is 19.3 Å². The van der Waals surface area contributed by atoms with Crippen LogP contribution >= 0.6 is 0 Å². The van der Waals surface area contributed by atoms with E-state index in [2.05, 4.69) is 81.5 Å². The zero-order valence-electron chi connectivity index (χ0n) is 43.0. The molecule has 376 valence electrons. The number of hydrogen-bond donors (Lipinski definition) is 0. The van der Waals surface area contributed by atoms with Gasteiger partial charge in [0.2, 0.25) is 0 Å². The van der Waals surface area contributed by atoms with Gasteiger partial charge in [0.25, 0.3) is 0 Å². The lowest BCUT2D eigenvalue weighted by Crippen LogP contribution is -2.30. The molecule has 0 rings (SSSR count). The fourth-order valence-electron chi connectivity index (χ4n) is 7.78. The molecule has 0 unspecified atom stereocenters. The third kappa shape index (κ3) is 51.9. The van der Waals surface area contributed by atoms with E-state index in [9.17, 15) is 14.4 Å². The van der Waals surface area contributed by atoms with E-state index in [0.717, 1.165) is 70.6 Å². The molecule has 0 heterocycles. The molecule has 0 fully saturated rings. The Balaban J connectivity index is 4.45. The number of unbranched alkanes of at least 4 members (excludes halogenated alkanes) is 29. The van der Waals surface area contributed by atoms with Crippen molar-refractivity contribution in [2.45, 2.75) is 284 Å². The van der Waals surface area contributed by atoms with Gasteiger partial charge in [-0.05, 0) is 83.5 Å². The molecule has 0 aromatic rings. The molecule has 0 spiro atoms. The van der Waals surface area contributed by atoms with E-state index in [1.54, 1.807) is 0 Å². The van der Waals surface area contributed by atoms with Gasteiger partial charge in [-0.3, -0.25) is 14.4 Å². The number of hydrogen-bond acceptors (Lipinski definition) is 6. The van der Waals surface area contributed by atoms with Crippen molar-refractivity contribution in [1.29, 1.82) is 0 Å². The van der Waals surface area contributed by atoms with E-state index in [1.807, 2.05) is 0 Å². The first-order valence-electron chi connectivity index (χ1n) is 27.8. The molecule has 0 bridgehead atoms. The molecule has 6 nitrogen and oxygen atoms in total. The van der Waals surface area contributed by atoms with Gasteiger partial charge in [-0.15, -0.1) is 0 Å². The molecule has 0 saturated carbocycles. The van der Waals surface area contributed by atoms with E-state index in [-0.39, 0.29) is 37.5 Å². The summed E-state index contributed by atoms with van der Waals surface area (Å²) in [5.74, 6) is -0.945. The average Bonchev–Trinajstić information content (AvgIpc) is 3.30. The summed E-state index contributed by atoms with van der Waals surface area (Å²) in [6, 6.07) is 0. The van der Waals surface area contributed by atoms with Crippen molar-refractivity contribution in [3.63, 3.8) is 0 Å². The first-order chi connectivity index (χ1) is 32.0. The first kappa shape index (κ1) is 62.1. The highest BCUT2D eigenvalue weighted by molar-refractivity contribution is 5.71. The van der Waals surface area contributed by atoms with Gasteiger partial charge in [0.1, 0.15) is 13.2 Å². The highest BCUT2D eigenvalue weighted by Crippen LogP contribution is 2.15. The van der Waals surface area contributed by atoms with Crippen LogP contribution in [0.3, 0.4) is 0 Å². The Hall–Kier alpha value is -2.89. The summed E-state index contributed by atoms with van der Waals surface area (Å²) < 4.78 is 16.8. The quantitative estimate of drug-likeness (QED) is 0.0262. The number of allylic oxidation sites excluding steroid dienone is 10. The minimum atomic E-state index is -0.796. The minimum Gasteiger partial charge on any atom is -0.462 e. The van der Waals surface area contributed by atoms with Crippen LogP contribution in [0, 0.1) is 0 Å². The van der Waals surface area contributed by atoms with Crippen LogP contribution in [0.2, 0.25) is 0 Å². The number of rotatable bonds is 50. The SMILES string of the molecule is CCCCC/C=C\C/C=C\CCCCCCCCCC(=O)O[C@H](COC(=O)CCC/C=C\C/C=C\C/C=C\CCCCCCCC)COC(=O)CCCCCCCCCCCCCCC. The molecule has 0 aromatic heterocycles. The number of esters is 3. The lowest BCUT2D eigenvalue weighted by atomic mass is 10.0. The maximum absolute atomic E-state index is 12.8. The maximum Gasteiger partial charge on any atom is 0.306 e. The highest BCUT2D eigenvalue weighted by Gasteiger charge is 2.19. The predicted octanol–water partition coefficient (Wildman–Crippen LogP) is 18.4. The molecule has 0 radical (unpaired) electrons. The van der Waals surface area contributed by atoms with Crippen molar-refractivity contribution < 1.29 is 28.6 Å². The second kappa shape index (κ2) is 53.7. The summed E-state index contributed by atoms with van der Waals surface area (Å²) in [7, 11) is 0. The molecule has 65 heavy (non-hydrogen) atoms. The van der Waals surface area contributed by atoms with E-state index in [4.69, 9.17) is 14.2 Å². The molecule has 0 saturated heterocycles. The maximum atomic E-state index is 12.8. The van der Waals surface area contributed by atoms with Gasteiger partial charge in [-0.1, -0.05) is 236 Å². The summed E-state index contributed by atoms with van der Waals surface area (Å²) in [6.07, 6.45) is 66.4. The summed E-state index contributed by atoms with van der Waals surface area (Å²) in [4.78, 5) is 38.1. The minimum absolute atomic E-state index is 0.0909. The average molecular weight is 909 g/mol. The fraction of sp³-hybridized carbons (Fsp3) is 0.780. The molecular weight excluding hydrogens is 805 g/mol. The zero-order chi connectivity index (χ0) is 47.2. The van der Waals surface area contributed by atoms with E-state index in [0.29, 0.717) is 19.3 Å². The van der Waals surface area contributed by atoms with Crippen LogP contribution in [0.15, 0.2) is 60.8 Å². The Morgan fingerprint density at radius 3 is 0.954 bits per heavy atom. The first-order valence-corrected chi connectivity index (χ1v) is 27.8. The lowest BCUT2D eigenvalue weighted by molar-refractivity contribution is -0.167. The molecule has 0 aromatic carbocycles. The Kier molecular flexibility index (Phi) is 51.3. The van der Waals surface area contributed by atoms with Gasteiger partial charge in [-0.2, -0.15) is 0 Å². The largest absolute Gasteiger partial charge is 0.462 e. The fourth-order valence-corrected chi connectivity index (χ4v) is 7.78. The van der Waals surface area contributed by atoms with Crippen LogP contribution in [0.25, 0.3) is 0 Å².